The molecule has 3 rings (SSSR count). The zero-order chi connectivity index (χ0) is 31.0. The van der Waals surface area contributed by atoms with E-state index in [4.69, 9.17) is 0 Å². The van der Waals surface area contributed by atoms with Crippen molar-refractivity contribution in [1.29, 1.82) is 0 Å². The number of non-ortho nitro benzene ring substituents is 1. The van der Waals surface area contributed by atoms with Crippen molar-refractivity contribution in [1.82, 2.24) is 10.2 Å². The lowest BCUT2D eigenvalue weighted by Gasteiger charge is -2.34. The van der Waals surface area contributed by atoms with E-state index in [1.807, 2.05) is 75.4 Å². The summed E-state index contributed by atoms with van der Waals surface area (Å²) in [5.41, 5.74) is 2.79. The number of nitro benzene ring substituents is 1. The van der Waals surface area contributed by atoms with Crippen molar-refractivity contribution in [3.05, 3.63) is 105 Å². The molecule has 11 heteroatoms. The SMILES string of the molecule is CCC(C)NC(=O)C(Cc1ccccc1)N(Cc1ccc(C)cc1)C(=O)CN(c1cc([N+](=O)[O-])ccc1C)S(C)(=O)=O. The highest BCUT2D eigenvalue weighted by Gasteiger charge is 2.34. The van der Waals surface area contributed by atoms with Gasteiger partial charge in [-0.05, 0) is 43.9 Å². The van der Waals surface area contributed by atoms with Crippen molar-refractivity contribution in [3.8, 4) is 0 Å². The van der Waals surface area contributed by atoms with Gasteiger partial charge in [-0.1, -0.05) is 73.2 Å². The van der Waals surface area contributed by atoms with E-state index in [-0.39, 0.29) is 36.3 Å². The fraction of sp³-hybridized carbons (Fsp3) is 0.355. The molecule has 0 heterocycles. The van der Waals surface area contributed by atoms with Gasteiger partial charge in [-0.3, -0.25) is 24.0 Å². The molecule has 0 aliphatic rings. The number of nitro groups is 1. The van der Waals surface area contributed by atoms with E-state index in [1.165, 1.54) is 17.0 Å². The van der Waals surface area contributed by atoms with Gasteiger partial charge in [0.2, 0.25) is 21.8 Å². The molecular formula is C31H38N4O6S. The van der Waals surface area contributed by atoms with Crippen molar-refractivity contribution >= 4 is 33.2 Å². The monoisotopic (exact) mass is 594 g/mol. The van der Waals surface area contributed by atoms with Crippen molar-refractivity contribution < 1.29 is 22.9 Å². The summed E-state index contributed by atoms with van der Waals surface area (Å²) < 4.78 is 26.9. The Morgan fingerprint density at radius 1 is 0.976 bits per heavy atom. The maximum atomic E-state index is 14.2. The number of hydrogen-bond donors (Lipinski definition) is 1. The zero-order valence-electron chi connectivity index (χ0n) is 24.6. The smallest absolute Gasteiger partial charge is 0.271 e. The van der Waals surface area contributed by atoms with E-state index in [0.717, 1.165) is 33.3 Å². The molecule has 0 saturated heterocycles. The molecular weight excluding hydrogens is 556 g/mol. The first-order valence-corrected chi connectivity index (χ1v) is 15.6. The number of hydrogen-bond acceptors (Lipinski definition) is 6. The average Bonchev–Trinajstić information content (AvgIpc) is 2.94. The Morgan fingerprint density at radius 2 is 1.62 bits per heavy atom. The van der Waals surface area contributed by atoms with E-state index < -0.39 is 33.4 Å². The number of amides is 2. The highest BCUT2D eigenvalue weighted by atomic mass is 32.2. The summed E-state index contributed by atoms with van der Waals surface area (Å²) in [5, 5.41) is 14.4. The van der Waals surface area contributed by atoms with Crippen LogP contribution in [0.3, 0.4) is 0 Å². The Bertz CT molecular complexity index is 1510. The second-order valence-electron chi connectivity index (χ2n) is 10.5. The number of carbonyl (C=O) groups is 2. The van der Waals surface area contributed by atoms with Crippen LogP contribution >= 0.6 is 0 Å². The molecule has 0 radical (unpaired) electrons. The zero-order valence-corrected chi connectivity index (χ0v) is 25.4. The quantitative estimate of drug-likeness (QED) is 0.229. The Balaban J connectivity index is 2.10. The van der Waals surface area contributed by atoms with Crippen molar-refractivity contribution in [2.45, 2.75) is 59.2 Å². The van der Waals surface area contributed by atoms with Crippen LogP contribution in [0.15, 0.2) is 72.8 Å². The first-order chi connectivity index (χ1) is 19.8. The number of nitrogens with one attached hydrogen (secondary N) is 1. The lowest BCUT2D eigenvalue weighted by molar-refractivity contribution is -0.384. The van der Waals surface area contributed by atoms with Gasteiger partial charge < -0.3 is 10.2 Å². The molecule has 3 aromatic rings. The number of carbonyl (C=O) groups excluding carboxylic acids is 2. The lowest BCUT2D eigenvalue weighted by atomic mass is 10.0. The first kappa shape index (κ1) is 32.3. The molecule has 0 fully saturated rings. The summed E-state index contributed by atoms with van der Waals surface area (Å²) in [6.45, 7) is 6.78. The highest BCUT2D eigenvalue weighted by molar-refractivity contribution is 7.92. The Labute approximate surface area is 247 Å². The van der Waals surface area contributed by atoms with Gasteiger partial charge in [0, 0.05) is 31.1 Å². The third kappa shape index (κ3) is 8.62. The van der Waals surface area contributed by atoms with Crippen molar-refractivity contribution in [3.63, 3.8) is 0 Å². The summed E-state index contributed by atoms with van der Waals surface area (Å²) in [6, 6.07) is 19.6. The lowest BCUT2D eigenvalue weighted by Crippen LogP contribution is -2.54. The molecule has 0 spiro atoms. The number of aryl methyl sites for hydroxylation is 2. The number of anilines is 1. The topological polar surface area (TPSA) is 130 Å². The molecule has 1 N–H and O–H groups in total. The minimum absolute atomic E-state index is 0.0269. The Morgan fingerprint density at radius 3 is 2.19 bits per heavy atom. The normalized spacial score (nSPS) is 12.7. The van der Waals surface area contributed by atoms with E-state index in [2.05, 4.69) is 5.32 Å². The minimum atomic E-state index is -4.06. The van der Waals surface area contributed by atoms with E-state index in [9.17, 15) is 28.1 Å². The summed E-state index contributed by atoms with van der Waals surface area (Å²) in [4.78, 5) is 40.1. The molecule has 0 aromatic heterocycles. The van der Waals surface area contributed by atoms with E-state index >= 15 is 0 Å². The largest absolute Gasteiger partial charge is 0.352 e. The maximum absolute atomic E-state index is 14.2. The fourth-order valence-electron chi connectivity index (χ4n) is 4.46. The van der Waals surface area contributed by atoms with Gasteiger partial charge in [0.05, 0.1) is 16.9 Å². The maximum Gasteiger partial charge on any atom is 0.271 e. The molecule has 0 aliphatic heterocycles. The molecule has 2 unspecified atom stereocenters. The average molecular weight is 595 g/mol. The molecule has 3 aromatic carbocycles. The summed E-state index contributed by atoms with van der Waals surface area (Å²) >= 11 is 0. The molecule has 10 nitrogen and oxygen atoms in total. The van der Waals surface area contributed by atoms with Crippen LogP contribution in [0.2, 0.25) is 0 Å². The van der Waals surface area contributed by atoms with Gasteiger partial charge in [0.15, 0.2) is 0 Å². The standard InChI is InChI=1S/C31H38N4O6S/c1-6-24(4)32-31(37)29(18-25-10-8-7-9-11-25)33(20-26-15-12-22(2)13-16-26)30(36)21-34(42(5,40)41)28-19-27(35(38)39)17-14-23(28)3/h7-17,19,24,29H,6,18,20-21H2,1-5H3,(H,32,37). The van der Waals surface area contributed by atoms with Gasteiger partial charge in [0.1, 0.15) is 12.6 Å². The number of benzene rings is 3. The van der Waals surface area contributed by atoms with Crippen LogP contribution in [0.25, 0.3) is 0 Å². The van der Waals surface area contributed by atoms with Gasteiger partial charge in [-0.2, -0.15) is 0 Å². The number of rotatable bonds is 13. The van der Waals surface area contributed by atoms with Crippen LogP contribution in [-0.4, -0.2) is 54.9 Å². The summed E-state index contributed by atoms with van der Waals surface area (Å²) in [5.74, 6) is -0.974. The van der Waals surface area contributed by atoms with Crippen molar-refractivity contribution in [2.75, 3.05) is 17.1 Å². The molecule has 0 aliphatic carbocycles. The number of sulfonamides is 1. The highest BCUT2D eigenvalue weighted by Crippen LogP contribution is 2.28. The molecule has 224 valence electrons. The first-order valence-electron chi connectivity index (χ1n) is 13.7. The third-order valence-electron chi connectivity index (χ3n) is 7.10. The molecule has 2 amide bonds. The number of nitrogens with zero attached hydrogens (tertiary/aromatic N) is 3. The fourth-order valence-corrected chi connectivity index (χ4v) is 5.36. The van der Waals surface area contributed by atoms with Gasteiger partial charge in [-0.15, -0.1) is 0 Å². The van der Waals surface area contributed by atoms with Gasteiger partial charge >= 0.3 is 0 Å². The summed E-state index contributed by atoms with van der Waals surface area (Å²) in [6.07, 6.45) is 1.83. The van der Waals surface area contributed by atoms with E-state index in [1.54, 1.807) is 6.92 Å². The second kappa shape index (κ2) is 14.1. The van der Waals surface area contributed by atoms with Crippen LogP contribution in [0.4, 0.5) is 11.4 Å². The van der Waals surface area contributed by atoms with Crippen LogP contribution in [0.5, 0.6) is 0 Å². The van der Waals surface area contributed by atoms with Crippen LogP contribution in [-0.2, 0) is 32.6 Å². The van der Waals surface area contributed by atoms with Crippen LogP contribution in [0, 0.1) is 24.0 Å². The Hall–Kier alpha value is -4.25. The van der Waals surface area contributed by atoms with Gasteiger partial charge in [0.25, 0.3) is 5.69 Å². The molecule has 0 bridgehead atoms. The Kier molecular flexibility index (Phi) is 10.8. The molecule has 0 saturated carbocycles. The van der Waals surface area contributed by atoms with E-state index in [0.29, 0.717) is 12.0 Å². The van der Waals surface area contributed by atoms with Crippen LogP contribution in [0.1, 0.15) is 42.5 Å². The molecule has 42 heavy (non-hydrogen) atoms. The van der Waals surface area contributed by atoms with Gasteiger partial charge in [-0.25, -0.2) is 8.42 Å². The summed E-state index contributed by atoms with van der Waals surface area (Å²) in [7, 11) is -4.06. The van der Waals surface area contributed by atoms with Crippen molar-refractivity contribution in [2.24, 2.45) is 0 Å². The second-order valence-corrected chi connectivity index (χ2v) is 12.4. The predicted octanol–water partition coefficient (Wildman–Crippen LogP) is 4.53. The van der Waals surface area contributed by atoms with Crippen LogP contribution < -0.4 is 9.62 Å². The molecule has 2 atom stereocenters. The predicted molar refractivity (Wildman–Crippen MR) is 164 cm³/mol. The minimum Gasteiger partial charge on any atom is -0.352 e. The third-order valence-corrected chi connectivity index (χ3v) is 8.22.